The van der Waals surface area contributed by atoms with E-state index in [9.17, 15) is 4.79 Å². The van der Waals surface area contributed by atoms with Crippen LogP contribution in [0.5, 0.6) is 5.75 Å². The molecule has 15 heavy (non-hydrogen) atoms. The first kappa shape index (κ1) is 12.5. The van der Waals surface area contributed by atoms with Crippen molar-refractivity contribution in [3.63, 3.8) is 0 Å². The second-order valence-electron chi connectivity index (χ2n) is 4.23. The van der Waals surface area contributed by atoms with Crippen LogP contribution in [0.15, 0.2) is 22.7 Å². The van der Waals surface area contributed by atoms with Crippen molar-refractivity contribution >= 4 is 33.0 Å². The van der Waals surface area contributed by atoms with E-state index in [0.717, 1.165) is 10.0 Å². The van der Waals surface area contributed by atoms with Gasteiger partial charge < -0.3 is 4.74 Å². The summed E-state index contributed by atoms with van der Waals surface area (Å²) in [5.41, 5.74) is 0.0135. The van der Waals surface area contributed by atoms with Crippen molar-refractivity contribution in [1.29, 1.82) is 0 Å². The molecule has 0 fully saturated rings. The minimum Gasteiger partial charge on any atom is -0.414 e. The lowest BCUT2D eigenvalue weighted by Crippen LogP contribution is -2.14. The Bertz CT molecular complexity index is 383. The second kappa shape index (κ2) is 4.54. The molecule has 0 N–H and O–H groups in total. The second-order valence-corrected chi connectivity index (χ2v) is 5.45. The van der Waals surface area contributed by atoms with E-state index in [1.54, 1.807) is 6.07 Å². The Balaban J connectivity index is 3.20. The molecule has 0 bridgehead atoms. The Labute approximate surface area is 103 Å². The lowest BCUT2D eigenvalue weighted by molar-refractivity contribution is 0.224. The summed E-state index contributed by atoms with van der Waals surface area (Å²) in [5, 5.41) is 0. The number of ether oxygens (including phenoxy) is 1. The predicted molar refractivity (Wildman–Crippen MR) is 64.7 cm³/mol. The molecule has 0 atom stereocenters. The lowest BCUT2D eigenvalue weighted by Gasteiger charge is -2.21. The van der Waals surface area contributed by atoms with Gasteiger partial charge >= 0.3 is 5.43 Å². The molecule has 0 spiro atoms. The van der Waals surface area contributed by atoms with Crippen LogP contribution in [-0.4, -0.2) is 5.43 Å². The maximum Gasteiger partial charge on any atom is 0.409 e. The molecule has 2 nitrogen and oxygen atoms in total. The smallest absolute Gasteiger partial charge is 0.409 e. The molecule has 0 aliphatic carbocycles. The third kappa shape index (κ3) is 3.50. The Morgan fingerprint density at radius 3 is 2.47 bits per heavy atom. The number of hydrogen-bond donors (Lipinski definition) is 0. The minimum atomic E-state index is -0.817. The molecule has 1 aromatic rings. The molecular weight excluding hydrogens is 279 g/mol. The first-order chi connectivity index (χ1) is 6.80. The Kier molecular flexibility index (Phi) is 3.79. The van der Waals surface area contributed by atoms with E-state index in [1.165, 1.54) is 0 Å². The van der Waals surface area contributed by atoms with Crippen LogP contribution in [0.4, 0.5) is 4.79 Å². The molecule has 0 unspecified atom stereocenters. The quantitative estimate of drug-likeness (QED) is 0.713. The number of rotatable bonds is 1. The molecule has 1 aromatic carbocycles. The van der Waals surface area contributed by atoms with E-state index in [2.05, 4.69) is 15.9 Å². The maximum atomic E-state index is 10.7. The third-order valence-electron chi connectivity index (χ3n) is 1.94. The maximum absolute atomic E-state index is 10.7. The SMILES string of the molecule is CC(C)(C)c1cc(Br)ccc1OC(=O)Cl. The van der Waals surface area contributed by atoms with Gasteiger partial charge in [-0.25, -0.2) is 4.79 Å². The number of carbonyl (C=O) groups excluding carboxylic acids is 1. The largest absolute Gasteiger partial charge is 0.414 e. The highest BCUT2D eigenvalue weighted by Gasteiger charge is 2.20. The van der Waals surface area contributed by atoms with Gasteiger partial charge in [0.1, 0.15) is 5.75 Å². The molecular formula is C11H12BrClO2. The van der Waals surface area contributed by atoms with Crippen molar-refractivity contribution in [3.8, 4) is 5.75 Å². The summed E-state index contributed by atoms with van der Waals surface area (Å²) >= 11 is 8.58. The average molecular weight is 292 g/mol. The summed E-state index contributed by atoms with van der Waals surface area (Å²) in [6.45, 7) is 6.13. The highest BCUT2D eigenvalue weighted by atomic mass is 79.9. The Morgan fingerprint density at radius 1 is 1.40 bits per heavy atom. The first-order valence-electron chi connectivity index (χ1n) is 4.48. The third-order valence-corrected chi connectivity index (χ3v) is 2.51. The summed E-state index contributed by atoms with van der Waals surface area (Å²) in [7, 11) is 0. The molecule has 4 heteroatoms. The fourth-order valence-corrected chi connectivity index (χ4v) is 1.71. The van der Waals surface area contributed by atoms with Crippen LogP contribution in [0, 0.1) is 0 Å². The molecule has 0 aliphatic heterocycles. The van der Waals surface area contributed by atoms with Crippen molar-refractivity contribution in [2.75, 3.05) is 0 Å². The number of hydrogen-bond acceptors (Lipinski definition) is 2. The molecule has 0 radical (unpaired) electrons. The standard InChI is InChI=1S/C11H12BrClO2/c1-11(2,3)8-6-7(12)4-5-9(8)15-10(13)14/h4-6H,1-3H3. The Hall–Kier alpha value is -0.540. The summed E-state index contributed by atoms with van der Waals surface area (Å²) < 4.78 is 5.88. The van der Waals surface area contributed by atoms with Crippen LogP contribution in [-0.2, 0) is 5.41 Å². The summed E-state index contributed by atoms with van der Waals surface area (Å²) in [4.78, 5) is 10.7. The predicted octanol–water partition coefficient (Wildman–Crippen LogP) is 4.48. The first-order valence-corrected chi connectivity index (χ1v) is 5.65. The zero-order valence-electron chi connectivity index (χ0n) is 8.80. The van der Waals surface area contributed by atoms with Gasteiger partial charge in [-0.1, -0.05) is 36.7 Å². The topological polar surface area (TPSA) is 26.3 Å². The van der Waals surface area contributed by atoms with Crippen LogP contribution in [0.3, 0.4) is 0 Å². The van der Waals surface area contributed by atoms with Crippen LogP contribution in [0.2, 0.25) is 0 Å². The molecule has 0 aliphatic rings. The molecule has 0 aromatic heterocycles. The van der Waals surface area contributed by atoms with Crippen molar-refractivity contribution in [2.45, 2.75) is 26.2 Å². The lowest BCUT2D eigenvalue weighted by atomic mass is 9.86. The van der Waals surface area contributed by atoms with E-state index in [4.69, 9.17) is 16.3 Å². The summed E-state index contributed by atoms with van der Waals surface area (Å²) in [5.74, 6) is 0.505. The van der Waals surface area contributed by atoms with Crippen molar-refractivity contribution in [1.82, 2.24) is 0 Å². The van der Waals surface area contributed by atoms with Gasteiger partial charge in [-0.05, 0) is 23.6 Å². The highest BCUT2D eigenvalue weighted by molar-refractivity contribution is 9.10. The van der Waals surface area contributed by atoms with Gasteiger partial charge in [0, 0.05) is 21.6 Å². The van der Waals surface area contributed by atoms with E-state index < -0.39 is 5.43 Å². The molecule has 0 saturated carbocycles. The van der Waals surface area contributed by atoms with Crippen molar-refractivity contribution in [2.24, 2.45) is 0 Å². The van der Waals surface area contributed by atoms with Crippen LogP contribution < -0.4 is 4.74 Å². The molecule has 1 rings (SSSR count). The summed E-state index contributed by atoms with van der Waals surface area (Å²) in [6.07, 6.45) is 0. The van der Waals surface area contributed by atoms with Gasteiger partial charge in [0.2, 0.25) is 0 Å². The number of halogens is 2. The van der Waals surface area contributed by atoms with Gasteiger partial charge in [-0.3, -0.25) is 0 Å². The number of carbonyl (C=O) groups is 1. The fraction of sp³-hybridized carbons (Fsp3) is 0.364. The average Bonchev–Trinajstić information content (AvgIpc) is 2.05. The molecule has 0 amide bonds. The van der Waals surface area contributed by atoms with Gasteiger partial charge in [0.15, 0.2) is 0 Å². The van der Waals surface area contributed by atoms with E-state index in [-0.39, 0.29) is 5.41 Å². The van der Waals surface area contributed by atoms with Crippen LogP contribution >= 0.6 is 27.5 Å². The van der Waals surface area contributed by atoms with Gasteiger partial charge in [-0.2, -0.15) is 0 Å². The van der Waals surface area contributed by atoms with E-state index in [0.29, 0.717) is 5.75 Å². The minimum absolute atomic E-state index is 0.106. The van der Waals surface area contributed by atoms with E-state index in [1.807, 2.05) is 32.9 Å². The number of benzene rings is 1. The Morgan fingerprint density at radius 2 is 2.00 bits per heavy atom. The zero-order chi connectivity index (χ0) is 11.6. The highest BCUT2D eigenvalue weighted by Crippen LogP contribution is 2.33. The van der Waals surface area contributed by atoms with Crippen molar-refractivity contribution in [3.05, 3.63) is 28.2 Å². The van der Waals surface area contributed by atoms with Gasteiger partial charge in [-0.15, -0.1) is 0 Å². The summed E-state index contributed by atoms with van der Waals surface area (Å²) in [6, 6.07) is 5.46. The molecule has 0 saturated heterocycles. The van der Waals surface area contributed by atoms with Crippen LogP contribution in [0.1, 0.15) is 26.3 Å². The van der Waals surface area contributed by atoms with Crippen molar-refractivity contribution < 1.29 is 9.53 Å². The van der Waals surface area contributed by atoms with Gasteiger partial charge in [0.05, 0.1) is 0 Å². The fourth-order valence-electron chi connectivity index (χ4n) is 1.26. The normalized spacial score (nSPS) is 11.3. The van der Waals surface area contributed by atoms with Gasteiger partial charge in [0.25, 0.3) is 0 Å². The van der Waals surface area contributed by atoms with Crippen LogP contribution in [0.25, 0.3) is 0 Å². The monoisotopic (exact) mass is 290 g/mol. The van der Waals surface area contributed by atoms with E-state index >= 15 is 0 Å². The zero-order valence-corrected chi connectivity index (χ0v) is 11.1. The molecule has 0 heterocycles. The molecule has 82 valence electrons.